The molecule has 7 nitrogen and oxygen atoms in total. The van der Waals surface area contributed by atoms with Gasteiger partial charge in [0, 0.05) is 18.7 Å². The summed E-state index contributed by atoms with van der Waals surface area (Å²) in [7, 11) is 1.26. The molecule has 1 atom stereocenters. The van der Waals surface area contributed by atoms with Gasteiger partial charge in [-0.15, -0.1) is 0 Å². The first-order valence-corrected chi connectivity index (χ1v) is 7.98. The molecule has 142 valence electrons. The van der Waals surface area contributed by atoms with Gasteiger partial charge in [0.2, 0.25) is 11.7 Å². The molecule has 0 spiro atoms. The molecule has 0 bridgehead atoms. The monoisotopic (exact) mass is 379 g/mol. The second-order valence-electron chi connectivity index (χ2n) is 6.06. The zero-order valence-corrected chi connectivity index (χ0v) is 14.7. The molecule has 0 radical (unpaired) electrons. The maximum absolute atomic E-state index is 12.7. The van der Waals surface area contributed by atoms with Gasteiger partial charge < -0.3 is 9.84 Å². The summed E-state index contributed by atoms with van der Waals surface area (Å²) in [5.74, 6) is -0.240. The number of benzene rings is 1. The lowest BCUT2D eigenvalue weighted by Crippen LogP contribution is -2.28. The maximum atomic E-state index is 12.7. The van der Waals surface area contributed by atoms with E-state index in [1.807, 2.05) is 31.2 Å². The molecule has 0 aliphatic rings. The van der Waals surface area contributed by atoms with E-state index in [1.54, 1.807) is 6.92 Å². The van der Waals surface area contributed by atoms with E-state index >= 15 is 0 Å². The molecular formula is C17H16F3N5O2. The molecule has 10 heteroatoms. The zero-order chi connectivity index (χ0) is 19.8. The average molecular weight is 379 g/mol. The van der Waals surface area contributed by atoms with Gasteiger partial charge in [-0.05, 0) is 19.9 Å². The van der Waals surface area contributed by atoms with Crippen LogP contribution in [0.3, 0.4) is 0 Å². The average Bonchev–Trinajstić information content (AvgIpc) is 3.21. The molecule has 2 heterocycles. The molecule has 0 aliphatic heterocycles. The highest BCUT2D eigenvalue weighted by Crippen LogP contribution is 2.28. The van der Waals surface area contributed by atoms with E-state index in [2.05, 4.69) is 20.6 Å². The second kappa shape index (κ2) is 6.86. The van der Waals surface area contributed by atoms with Gasteiger partial charge in [-0.3, -0.25) is 9.48 Å². The summed E-state index contributed by atoms with van der Waals surface area (Å²) in [6.07, 6.45) is -4.63. The van der Waals surface area contributed by atoms with Crippen LogP contribution in [0.15, 0.2) is 34.9 Å². The van der Waals surface area contributed by atoms with Crippen molar-refractivity contribution in [1.82, 2.24) is 25.2 Å². The first-order chi connectivity index (χ1) is 12.6. The molecule has 0 saturated heterocycles. The van der Waals surface area contributed by atoms with Gasteiger partial charge in [0.1, 0.15) is 11.7 Å². The highest BCUT2D eigenvalue weighted by atomic mass is 19.4. The highest BCUT2D eigenvalue weighted by molar-refractivity contribution is 5.92. The van der Waals surface area contributed by atoms with E-state index in [-0.39, 0.29) is 11.6 Å². The topological polar surface area (TPSA) is 85.8 Å². The normalized spacial score (nSPS) is 12.8. The molecule has 0 aliphatic carbocycles. The van der Waals surface area contributed by atoms with E-state index < -0.39 is 23.8 Å². The molecular weight excluding hydrogens is 363 g/mol. The number of aromatic nitrogens is 4. The summed E-state index contributed by atoms with van der Waals surface area (Å²) in [4.78, 5) is 16.5. The quantitative estimate of drug-likeness (QED) is 0.752. The number of hydrogen-bond acceptors (Lipinski definition) is 5. The molecule has 3 rings (SSSR count). The maximum Gasteiger partial charge on any atom is 0.435 e. The van der Waals surface area contributed by atoms with Crippen LogP contribution in [0, 0.1) is 6.92 Å². The fourth-order valence-corrected chi connectivity index (χ4v) is 2.46. The van der Waals surface area contributed by atoms with Crippen LogP contribution in [0.25, 0.3) is 11.4 Å². The number of nitrogens with zero attached hydrogens (tertiary/aromatic N) is 4. The Balaban J connectivity index is 1.75. The van der Waals surface area contributed by atoms with Crippen molar-refractivity contribution < 1.29 is 22.5 Å². The summed E-state index contributed by atoms with van der Waals surface area (Å²) in [6.45, 7) is 3.52. The predicted octanol–water partition coefficient (Wildman–Crippen LogP) is 3.29. The molecule has 2 aromatic heterocycles. The van der Waals surface area contributed by atoms with Crippen LogP contribution in [-0.4, -0.2) is 25.8 Å². The SMILES string of the molecule is Cc1cccc(-c2noc(C(C)NC(=O)c3cc(C(F)(F)F)nn3C)n2)c1. The van der Waals surface area contributed by atoms with E-state index in [0.717, 1.165) is 15.8 Å². The fourth-order valence-electron chi connectivity index (χ4n) is 2.46. The number of carbonyl (C=O) groups is 1. The minimum Gasteiger partial charge on any atom is -0.339 e. The Bertz CT molecular complexity index is 977. The first kappa shape index (κ1) is 18.6. The molecule has 0 saturated carbocycles. The standard InChI is InChI=1S/C17H16F3N5O2/c1-9-5-4-6-11(7-9)14-22-16(27-24-14)10(2)21-15(26)12-8-13(17(18,19)20)23-25(12)3/h4-8,10H,1-3H3,(H,21,26). The van der Waals surface area contributed by atoms with Crippen molar-refractivity contribution in [1.29, 1.82) is 0 Å². The largest absolute Gasteiger partial charge is 0.435 e. The predicted molar refractivity (Wildman–Crippen MR) is 88.6 cm³/mol. The highest BCUT2D eigenvalue weighted by Gasteiger charge is 2.35. The van der Waals surface area contributed by atoms with E-state index in [9.17, 15) is 18.0 Å². The summed E-state index contributed by atoms with van der Waals surface area (Å²) in [5.41, 5.74) is 0.414. The third-order valence-corrected chi connectivity index (χ3v) is 3.84. The summed E-state index contributed by atoms with van der Waals surface area (Å²) in [5, 5.41) is 9.72. The molecule has 1 unspecified atom stereocenters. The smallest absolute Gasteiger partial charge is 0.339 e. The fraction of sp³-hybridized carbons (Fsp3) is 0.294. The van der Waals surface area contributed by atoms with Gasteiger partial charge in [0.15, 0.2) is 5.69 Å². The third-order valence-electron chi connectivity index (χ3n) is 3.84. The minimum atomic E-state index is -4.63. The van der Waals surface area contributed by atoms with Crippen molar-refractivity contribution in [3.05, 3.63) is 53.2 Å². The van der Waals surface area contributed by atoms with E-state index in [0.29, 0.717) is 11.9 Å². The van der Waals surface area contributed by atoms with Crippen LogP contribution in [-0.2, 0) is 13.2 Å². The van der Waals surface area contributed by atoms with Crippen molar-refractivity contribution in [2.45, 2.75) is 26.1 Å². The van der Waals surface area contributed by atoms with Gasteiger partial charge in [0.25, 0.3) is 5.91 Å². The number of aryl methyl sites for hydroxylation is 2. The van der Waals surface area contributed by atoms with Crippen LogP contribution >= 0.6 is 0 Å². The molecule has 1 amide bonds. The van der Waals surface area contributed by atoms with E-state index in [1.165, 1.54) is 7.05 Å². The van der Waals surface area contributed by atoms with Crippen molar-refractivity contribution in [3.8, 4) is 11.4 Å². The van der Waals surface area contributed by atoms with Crippen LogP contribution in [0.4, 0.5) is 13.2 Å². The summed E-state index contributed by atoms with van der Waals surface area (Å²) >= 11 is 0. The molecule has 3 aromatic rings. The Labute approximate surface area is 152 Å². The van der Waals surface area contributed by atoms with Crippen molar-refractivity contribution >= 4 is 5.91 Å². The zero-order valence-electron chi connectivity index (χ0n) is 14.7. The van der Waals surface area contributed by atoms with Gasteiger partial charge in [-0.25, -0.2) is 0 Å². The number of alkyl halides is 3. The number of carbonyl (C=O) groups excluding carboxylic acids is 1. The minimum absolute atomic E-state index is 0.137. The van der Waals surface area contributed by atoms with Crippen molar-refractivity contribution in [2.75, 3.05) is 0 Å². The van der Waals surface area contributed by atoms with Crippen LogP contribution in [0.5, 0.6) is 0 Å². The van der Waals surface area contributed by atoms with Crippen LogP contribution < -0.4 is 5.32 Å². The van der Waals surface area contributed by atoms with Gasteiger partial charge in [-0.1, -0.05) is 28.9 Å². The Morgan fingerprint density at radius 1 is 1.30 bits per heavy atom. The lowest BCUT2D eigenvalue weighted by atomic mass is 10.1. The summed E-state index contributed by atoms with van der Waals surface area (Å²) < 4.78 is 44.2. The molecule has 0 fully saturated rings. The molecule has 1 N–H and O–H groups in total. The van der Waals surface area contributed by atoms with Crippen LogP contribution in [0.2, 0.25) is 0 Å². The Morgan fingerprint density at radius 2 is 2.04 bits per heavy atom. The number of hydrogen-bond donors (Lipinski definition) is 1. The number of amides is 1. The van der Waals surface area contributed by atoms with E-state index in [4.69, 9.17) is 4.52 Å². The summed E-state index contributed by atoms with van der Waals surface area (Å²) in [6, 6.07) is 7.47. The van der Waals surface area contributed by atoms with Crippen LogP contribution in [0.1, 0.15) is 40.6 Å². The molecule has 27 heavy (non-hydrogen) atoms. The van der Waals surface area contributed by atoms with Crippen molar-refractivity contribution in [2.24, 2.45) is 7.05 Å². The molecule has 1 aromatic carbocycles. The lowest BCUT2D eigenvalue weighted by Gasteiger charge is -2.09. The Hall–Kier alpha value is -3.17. The van der Waals surface area contributed by atoms with Crippen molar-refractivity contribution in [3.63, 3.8) is 0 Å². The lowest BCUT2D eigenvalue weighted by molar-refractivity contribution is -0.141. The van der Waals surface area contributed by atoms with Gasteiger partial charge in [-0.2, -0.15) is 23.3 Å². The first-order valence-electron chi connectivity index (χ1n) is 7.98. The Kier molecular flexibility index (Phi) is 4.73. The Morgan fingerprint density at radius 3 is 2.67 bits per heavy atom. The third kappa shape index (κ3) is 3.99. The number of halogens is 3. The number of nitrogens with one attached hydrogen (secondary N) is 1. The second-order valence-corrected chi connectivity index (χ2v) is 6.06. The van der Waals surface area contributed by atoms with Gasteiger partial charge >= 0.3 is 6.18 Å². The van der Waals surface area contributed by atoms with Gasteiger partial charge in [0.05, 0.1) is 0 Å². The number of rotatable bonds is 4.